The number of aromatic nitrogens is 2. The van der Waals surface area contributed by atoms with E-state index in [9.17, 15) is 19.8 Å². The van der Waals surface area contributed by atoms with Gasteiger partial charge in [0, 0.05) is 49.3 Å². The summed E-state index contributed by atoms with van der Waals surface area (Å²) in [5.41, 5.74) is -0.850. The number of aromatic carboxylic acids is 2. The Kier molecular flexibility index (Phi) is 15.7. The molecule has 2 rings (SSSR count). The fraction of sp³-hybridized carbons (Fsp3) is 0.762. The van der Waals surface area contributed by atoms with Crippen LogP contribution in [0.4, 0.5) is 0 Å². The molecule has 2 heterocycles. The summed E-state index contributed by atoms with van der Waals surface area (Å²) in [7, 11) is 0. The minimum atomic E-state index is -1.65. The van der Waals surface area contributed by atoms with E-state index in [1.807, 2.05) is 0 Å². The summed E-state index contributed by atoms with van der Waals surface area (Å²) in [5, 5.41) is 34.8. The molecule has 0 amide bonds. The SMILES string of the molecule is C[C@H]1CC(C)(C)NCCN[C@@H](C)CC(C)(C)NCCN1.O.O=C([O-])c1nc[nH]c1C(=O)[O-].[Ni+2]. The Morgan fingerprint density at radius 1 is 0.879 bits per heavy atom. The smallest absolute Gasteiger partial charge is 0.543 e. The summed E-state index contributed by atoms with van der Waals surface area (Å²) in [5.74, 6) is -3.27. The van der Waals surface area contributed by atoms with Crippen molar-refractivity contribution < 1.29 is 41.8 Å². The first-order chi connectivity index (χ1) is 14.3. The minimum Gasteiger partial charge on any atom is -0.543 e. The number of carbonyl (C=O) groups excluding carboxylic acids is 2. The molecule has 2 atom stereocenters. The number of imidazole rings is 1. The zero-order chi connectivity index (χ0) is 23.7. The molecule has 0 spiro atoms. The van der Waals surface area contributed by atoms with E-state index in [2.05, 4.69) is 72.8 Å². The number of H-pyrrole nitrogens is 1. The number of nitrogens with zero attached hydrogens (tertiary/aromatic N) is 1. The van der Waals surface area contributed by atoms with Gasteiger partial charge in [0.05, 0.1) is 24.0 Å². The number of nitrogens with one attached hydrogen (secondary N) is 5. The molecule has 0 unspecified atom stereocenters. The van der Waals surface area contributed by atoms with Crippen molar-refractivity contribution in [2.45, 2.75) is 77.5 Å². The first kappa shape index (κ1) is 33.6. The van der Waals surface area contributed by atoms with Gasteiger partial charge in [0.1, 0.15) is 5.69 Å². The van der Waals surface area contributed by atoms with Gasteiger partial charge in [0.25, 0.3) is 0 Å². The van der Waals surface area contributed by atoms with Crippen LogP contribution in [0, 0.1) is 0 Å². The van der Waals surface area contributed by atoms with Gasteiger partial charge in [-0.1, -0.05) is 0 Å². The van der Waals surface area contributed by atoms with Crippen LogP contribution in [-0.2, 0) is 16.5 Å². The van der Waals surface area contributed by atoms with Gasteiger partial charge >= 0.3 is 16.5 Å². The average molecular weight is 515 g/mol. The Labute approximate surface area is 206 Å². The van der Waals surface area contributed by atoms with Crippen LogP contribution in [0.25, 0.3) is 0 Å². The molecule has 7 N–H and O–H groups in total. The maximum atomic E-state index is 10.1. The van der Waals surface area contributed by atoms with E-state index in [0.29, 0.717) is 12.1 Å². The van der Waals surface area contributed by atoms with Crippen LogP contribution in [0.15, 0.2) is 6.33 Å². The zero-order valence-corrected chi connectivity index (χ0v) is 21.4. The summed E-state index contributed by atoms with van der Waals surface area (Å²) in [6, 6.07) is 1.08. The van der Waals surface area contributed by atoms with Crippen molar-refractivity contribution >= 4 is 11.9 Å². The van der Waals surface area contributed by atoms with E-state index in [4.69, 9.17) is 0 Å². The Hall–Kier alpha value is -1.56. The molecule has 12 heteroatoms. The van der Waals surface area contributed by atoms with Crippen LogP contribution in [-0.4, -0.2) is 76.7 Å². The van der Waals surface area contributed by atoms with Crippen molar-refractivity contribution in [3.8, 4) is 0 Å². The molecule has 0 aliphatic carbocycles. The van der Waals surface area contributed by atoms with Crippen molar-refractivity contribution in [2.24, 2.45) is 0 Å². The molecule has 0 saturated carbocycles. The van der Waals surface area contributed by atoms with E-state index < -0.39 is 23.3 Å². The normalized spacial score (nSPS) is 23.3. The molecule has 194 valence electrons. The summed E-state index contributed by atoms with van der Waals surface area (Å²) in [6.45, 7) is 17.8. The molecule has 1 aliphatic heterocycles. The third-order valence-electron chi connectivity index (χ3n) is 5.11. The van der Waals surface area contributed by atoms with Crippen LogP contribution < -0.4 is 31.5 Å². The standard InChI is InChI=1S/C16H36N4.C5H4N2O4.Ni.H2O/c1-13-11-15(3,4)19-10-8-18-14(2)12-16(5,6)20-9-7-17-13;8-4(9)2-3(5(10)11)7-1-6-2;;/h13-14,17-20H,7-12H2,1-6H3;1H,(H,6,7)(H,8,9)(H,10,11);;1H2/q;;+2;/p-2/t13-,14-;;;/m0.../s1. The van der Waals surface area contributed by atoms with Gasteiger partial charge in [0.2, 0.25) is 0 Å². The van der Waals surface area contributed by atoms with Crippen molar-refractivity contribution in [2.75, 3.05) is 26.2 Å². The fourth-order valence-electron chi connectivity index (χ4n) is 3.86. The maximum Gasteiger partial charge on any atom is 2.00 e. The number of carbonyl (C=O) groups is 2. The van der Waals surface area contributed by atoms with Gasteiger partial charge in [-0.05, 0) is 54.4 Å². The van der Waals surface area contributed by atoms with E-state index in [1.165, 1.54) is 0 Å². The number of carboxylic acids is 2. The second-order valence-corrected chi connectivity index (χ2v) is 9.44. The third-order valence-corrected chi connectivity index (χ3v) is 5.11. The number of rotatable bonds is 2. The summed E-state index contributed by atoms with van der Waals surface area (Å²) >= 11 is 0. The van der Waals surface area contributed by atoms with E-state index in [1.54, 1.807) is 0 Å². The van der Waals surface area contributed by atoms with Crippen molar-refractivity contribution in [1.29, 1.82) is 0 Å². The van der Waals surface area contributed by atoms with Crippen molar-refractivity contribution in [3.05, 3.63) is 17.7 Å². The van der Waals surface area contributed by atoms with Crippen LogP contribution >= 0.6 is 0 Å². The predicted octanol–water partition coefficient (Wildman–Crippen LogP) is -2.22. The molecule has 1 fully saturated rings. The van der Waals surface area contributed by atoms with Crippen LogP contribution in [0.2, 0.25) is 0 Å². The quantitative estimate of drug-likeness (QED) is 0.272. The molecule has 11 nitrogen and oxygen atoms in total. The summed E-state index contributed by atoms with van der Waals surface area (Å²) in [6.07, 6.45) is 3.23. The van der Waals surface area contributed by atoms with Crippen LogP contribution in [0.5, 0.6) is 0 Å². The molecular formula is C21H40N6NiO5. The Morgan fingerprint density at radius 2 is 1.30 bits per heavy atom. The Morgan fingerprint density at radius 3 is 1.64 bits per heavy atom. The molecule has 1 aromatic rings. The Balaban J connectivity index is 0. The topological polar surface area (TPSA) is 189 Å². The summed E-state index contributed by atoms with van der Waals surface area (Å²) < 4.78 is 0. The maximum absolute atomic E-state index is 10.1. The first-order valence-electron chi connectivity index (χ1n) is 10.8. The molecule has 0 radical (unpaired) electrons. The largest absolute Gasteiger partial charge is 2.00 e. The first-order valence-corrected chi connectivity index (χ1v) is 10.8. The monoisotopic (exact) mass is 514 g/mol. The van der Waals surface area contributed by atoms with Gasteiger partial charge in [-0.15, -0.1) is 0 Å². The van der Waals surface area contributed by atoms with Gasteiger partial charge in [-0.25, -0.2) is 4.98 Å². The number of carboxylic acid groups (broad SMARTS) is 2. The second kappa shape index (κ2) is 15.4. The molecule has 1 aliphatic rings. The van der Waals surface area contributed by atoms with E-state index in [-0.39, 0.29) is 33.0 Å². The van der Waals surface area contributed by atoms with Gasteiger partial charge in [-0.2, -0.15) is 0 Å². The van der Waals surface area contributed by atoms with Gasteiger partial charge in [-0.3, -0.25) is 0 Å². The van der Waals surface area contributed by atoms with E-state index >= 15 is 0 Å². The number of hydrogen-bond donors (Lipinski definition) is 5. The fourth-order valence-corrected chi connectivity index (χ4v) is 3.86. The molecule has 33 heavy (non-hydrogen) atoms. The van der Waals surface area contributed by atoms with Crippen molar-refractivity contribution in [3.63, 3.8) is 0 Å². The molecule has 0 bridgehead atoms. The van der Waals surface area contributed by atoms with Crippen molar-refractivity contribution in [1.82, 2.24) is 31.2 Å². The van der Waals surface area contributed by atoms with Crippen LogP contribution in [0.3, 0.4) is 0 Å². The zero-order valence-electron chi connectivity index (χ0n) is 20.4. The third kappa shape index (κ3) is 13.7. The van der Waals surface area contributed by atoms with Gasteiger partial charge < -0.3 is 51.5 Å². The number of aromatic amines is 1. The summed E-state index contributed by atoms with van der Waals surface area (Å²) in [4.78, 5) is 25.5. The van der Waals surface area contributed by atoms with Gasteiger partial charge in [0.15, 0.2) is 0 Å². The second-order valence-electron chi connectivity index (χ2n) is 9.44. The Bertz CT molecular complexity index is 657. The molecular weight excluding hydrogens is 475 g/mol. The average Bonchev–Trinajstić information content (AvgIpc) is 3.12. The number of hydrogen-bond acceptors (Lipinski definition) is 9. The molecule has 1 aromatic heterocycles. The molecule has 1 saturated heterocycles. The molecule has 0 aromatic carbocycles. The minimum absolute atomic E-state index is 0. The van der Waals surface area contributed by atoms with Crippen LogP contribution in [0.1, 0.15) is 75.4 Å². The predicted molar refractivity (Wildman–Crippen MR) is 119 cm³/mol. The van der Waals surface area contributed by atoms with E-state index in [0.717, 1.165) is 45.3 Å².